The lowest BCUT2D eigenvalue weighted by atomic mass is 10.00. The van der Waals surface area contributed by atoms with Crippen molar-refractivity contribution in [2.45, 2.75) is 50.2 Å². The van der Waals surface area contributed by atoms with Crippen LogP contribution in [-0.2, 0) is 21.3 Å². The predicted molar refractivity (Wildman–Crippen MR) is 83.7 cm³/mol. The summed E-state index contributed by atoms with van der Waals surface area (Å²) >= 11 is 0. The molecule has 0 atom stereocenters. The van der Waals surface area contributed by atoms with Crippen molar-refractivity contribution in [2.75, 3.05) is 13.2 Å². The Hall–Kier alpha value is -1.78. The van der Waals surface area contributed by atoms with E-state index in [1.807, 2.05) is 13.8 Å². The first-order valence-electron chi connectivity index (χ1n) is 7.89. The highest BCUT2D eigenvalue weighted by molar-refractivity contribution is 7.89. The van der Waals surface area contributed by atoms with Crippen LogP contribution in [0, 0.1) is 0 Å². The number of nitrogens with one attached hydrogen (secondary N) is 1. The van der Waals surface area contributed by atoms with Gasteiger partial charge in [-0.2, -0.15) is 4.98 Å². The summed E-state index contributed by atoms with van der Waals surface area (Å²) in [5, 5.41) is 3.92. The first kappa shape index (κ1) is 17.1. The molecule has 0 unspecified atom stereocenters. The molecule has 2 aromatic rings. The Labute approximate surface area is 140 Å². The predicted octanol–water partition coefficient (Wildman–Crippen LogP) is 1.22. The quantitative estimate of drug-likeness (QED) is 0.829. The number of hydrogen-bond acceptors (Lipinski definition) is 7. The summed E-state index contributed by atoms with van der Waals surface area (Å²) < 4.78 is 39.1. The van der Waals surface area contributed by atoms with Crippen molar-refractivity contribution in [3.63, 3.8) is 0 Å². The van der Waals surface area contributed by atoms with Crippen molar-refractivity contribution in [3.8, 4) is 0 Å². The van der Waals surface area contributed by atoms with Gasteiger partial charge in [-0.05, 0) is 26.7 Å². The molecule has 10 heteroatoms. The third-order valence-corrected chi connectivity index (χ3v) is 5.22. The molecular weight excluding hydrogens is 334 g/mol. The Balaban J connectivity index is 1.63. The number of sulfonamides is 1. The number of aromatic nitrogens is 4. The Morgan fingerprint density at radius 3 is 2.79 bits per heavy atom. The number of imidazole rings is 1. The van der Waals surface area contributed by atoms with E-state index in [9.17, 15) is 8.42 Å². The van der Waals surface area contributed by atoms with E-state index < -0.39 is 10.0 Å². The molecule has 1 aliphatic heterocycles. The van der Waals surface area contributed by atoms with Crippen LogP contribution in [-0.4, -0.2) is 41.3 Å². The Morgan fingerprint density at radius 1 is 1.38 bits per heavy atom. The van der Waals surface area contributed by atoms with E-state index in [0.717, 1.165) is 12.8 Å². The molecule has 0 saturated carbocycles. The van der Waals surface area contributed by atoms with Crippen molar-refractivity contribution < 1.29 is 17.7 Å². The zero-order valence-electron chi connectivity index (χ0n) is 13.7. The lowest BCUT2D eigenvalue weighted by Crippen LogP contribution is -2.24. The molecule has 0 aromatic carbocycles. The minimum atomic E-state index is -3.72. The second kappa shape index (κ2) is 6.99. The molecule has 0 spiro atoms. The molecule has 0 radical (unpaired) electrons. The first-order valence-corrected chi connectivity index (χ1v) is 9.37. The molecule has 1 fully saturated rings. The van der Waals surface area contributed by atoms with Crippen LogP contribution in [0.3, 0.4) is 0 Å². The van der Waals surface area contributed by atoms with Gasteiger partial charge in [0.2, 0.25) is 5.89 Å². The molecule has 1 saturated heterocycles. The lowest BCUT2D eigenvalue weighted by molar-refractivity contribution is 0.0830. The minimum absolute atomic E-state index is 0.0274. The monoisotopic (exact) mass is 355 g/mol. The summed E-state index contributed by atoms with van der Waals surface area (Å²) in [6.07, 6.45) is 4.68. The van der Waals surface area contributed by atoms with Gasteiger partial charge in [0.1, 0.15) is 0 Å². The van der Waals surface area contributed by atoms with E-state index in [4.69, 9.17) is 9.26 Å². The summed E-state index contributed by atoms with van der Waals surface area (Å²) in [5.74, 6) is 1.05. The van der Waals surface area contributed by atoms with E-state index >= 15 is 0 Å². The molecule has 24 heavy (non-hydrogen) atoms. The van der Waals surface area contributed by atoms with Gasteiger partial charge in [-0.15, -0.1) is 0 Å². The Morgan fingerprint density at radius 2 is 2.12 bits per heavy atom. The fourth-order valence-corrected chi connectivity index (χ4v) is 3.34. The third-order valence-electron chi connectivity index (χ3n) is 3.93. The second-order valence-electron chi connectivity index (χ2n) is 6.01. The van der Waals surface area contributed by atoms with Crippen LogP contribution in [0.5, 0.6) is 0 Å². The van der Waals surface area contributed by atoms with Gasteiger partial charge in [-0.1, -0.05) is 5.16 Å². The van der Waals surface area contributed by atoms with Crippen molar-refractivity contribution in [3.05, 3.63) is 24.2 Å². The highest BCUT2D eigenvalue weighted by Gasteiger charge is 2.23. The van der Waals surface area contributed by atoms with Crippen LogP contribution >= 0.6 is 0 Å². The van der Waals surface area contributed by atoms with Crippen LogP contribution in [0.4, 0.5) is 0 Å². The second-order valence-corrected chi connectivity index (χ2v) is 7.72. The molecule has 3 rings (SSSR count). The molecule has 132 valence electrons. The normalized spacial score (nSPS) is 16.8. The summed E-state index contributed by atoms with van der Waals surface area (Å²) in [6, 6.07) is 0.138. The topological polar surface area (TPSA) is 112 Å². The molecule has 0 bridgehead atoms. The number of nitrogens with zero attached hydrogens (tertiary/aromatic N) is 4. The van der Waals surface area contributed by atoms with Gasteiger partial charge in [0.05, 0.1) is 12.9 Å². The van der Waals surface area contributed by atoms with Gasteiger partial charge < -0.3 is 13.8 Å². The van der Waals surface area contributed by atoms with Crippen molar-refractivity contribution in [1.82, 2.24) is 24.4 Å². The fraction of sp³-hybridized carbons (Fsp3) is 0.643. The Bertz CT molecular complexity index is 777. The minimum Gasteiger partial charge on any atom is -0.381 e. The summed E-state index contributed by atoms with van der Waals surface area (Å²) in [6.45, 7) is 5.19. The maximum absolute atomic E-state index is 12.3. The van der Waals surface area contributed by atoms with Crippen LogP contribution in [0.25, 0.3) is 0 Å². The van der Waals surface area contributed by atoms with Gasteiger partial charge in [-0.3, -0.25) is 0 Å². The number of ether oxygens (including phenoxy) is 1. The zero-order chi connectivity index (χ0) is 17.2. The van der Waals surface area contributed by atoms with E-state index in [1.165, 1.54) is 12.5 Å². The average Bonchev–Trinajstić information content (AvgIpc) is 3.24. The maximum Gasteiger partial charge on any atom is 0.260 e. The van der Waals surface area contributed by atoms with Gasteiger partial charge in [0.25, 0.3) is 10.0 Å². The molecule has 2 aromatic heterocycles. The molecule has 1 N–H and O–H groups in total. The lowest BCUT2D eigenvalue weighted by Gasteiger charge is -2.18. The molecule has 0 aliphatic carbocycles. The SMILES string of the molecule is CC(C)n1cnc(S(=O)(=O)NCc2nc(C3CCOCC3)no2)c1. The highest BCUT2D eigenvalue weighted by atomic mass is 32.2. The standard InChI is InChI=1S/C14H21N5O4S/c1-10(2)19-8-13(15-9-19)24(20,21)16-7-12-17-14(18-23-12)11-3-5-22-6-4-11/h8-11,16H,3-7H2,1-2H3. The van der Waals surface area contributed by atoms with Crippen molar-refractivity contribution in [1.29, 1.82) is 0 Å². The van der Waals surface area contributed by atoms with Crippen LogP contribution in [0.2, 0.25) is 0 Å². The summed E-state index contributed by atoms with van der Waals surface area (Å²) in [5.41, 5.74) is 0. The molecule has 0 amide bonds. The summed E-state index contributed by atoms with van der Waals surface area (Å²) in [4.78, 5) is 8.21. The van der Waals surface area contributed by atoms with Gasteiger partial charge in [0.15, 0.2) is 10.9 Å². The molecule has 3 heterocycles. The third kappa shape index (κ3) is 3.82. The fourth-order valence-electron chi connectivity index (χ4n) is 2.43. The van der Waals surface area contributed by atoms with E-state index in [1.54, 1.807) is 4.57 Å². The average molecular weight is 355 g/mol. The maximum atomic E-state index is 12.3. The van der Waals surface area contributed by atoms with Crippen molar-refractivity contribution in [2.24, 2.45) is 0 Å². The number of hydrogen-bond donors (Lipinski definition) is 1. The van der Waals surface area contributed by atoms with Crippen LogP contribution in [0.1, 0.15) is 50.4 Å². The smallest absolute Gasteiger partial charge is 0.260 e. The summed E-state index contributed by atoms with van der Waals surface area (Å²) in [7, 11) is -3.72. The van der Waals surface area contributed by atoms with E-state index in [0.29, 0.717) is 19.0 Å². The first-order chi connectivity index (χ1) is 11.5. The molecular formula is C14H21N5O4S. The van der Waals surface area contributed by atoms with Gasteiger partial charge >= 0.3 is 0 Å². The number of rotatable bonds is 6. The van der Waals surface area contributed by atoms with Crippen LogP contribution < -0.4 is 4.72 Å². The van der Waals surface area contributed by atoms with E-state index in [-0.39, 0.29) is 29.4 Å². The van der Waals surface area contributed by atoms with E-state index in [2.05, 4.69) is 19.8 Å². The van der Waals surface area contributed by atoms with Gasteiger partial charge in [0, 0.05) is 31.4 Å². The highest BCUT2D eigenvalue weighted by Crippen LogP contribution is 2.24. The Kier molecular flexibility index (Phi) is 4.97. The van der Waals surface area contributed by atoms with Crippen LogP contribution in [0.15, 0.2) is 22.1 Å². The zero-order valence-corrected chi connectivity index (χ0v) is 14.5. The van der Waals surface area contributed by atoms with Crippen molar-refractivity contribution >= 4 is 10.0 Å². The largest absolute Gasteiger partial charge is 0.381 e. The van der Waals surface area contributed by atoms with Gasteiger partial charge in [-0.25, -0.2) is 18.1 Å². The molecule has 1 aliphatic rings. The molecule has 9 nitrogen and oxygen atoms in total.